The van der Waals surface area contributed by atoms with Crippen LogP contribution in [0.1, 0.15) is 48.7 Å². The summed E-state index contributed by atoms with van der Waals surface area (Å²) in [5.41, 5.74) is 6.14. The first-order valence-corrected chi connectivity index (χ1v) is 11.7. The molecule has 1 aliphatic rings. The van der Waals surface area contributed by atoms with E-state index in [4.69, 9.17) is 0 Å². The fourth-order valence-electron chi connectivity index (χ4n) is 4.36. The number of carbonyl (C=O) groups is 3. The van der Waals surface area contributed by atoms with Crippen molar-refractivity contribution in [2.45, 2.75) is 33.9 Å². The van der Waals surface area contributed by atoms with E-state index in [1.165, 1.54) is 9.58 Å². The van der Waals surface area contributed by atoms with Gasteiger partial charge in [0.15, 0.2) is 5.82 Å². The Morgan fingerprint density at radius 2 is 1.25 bits per heavy atom. The van der Waals surface area contributed by atoms with Crippen LogP contribution in [0, 0.1) is 20.8 Å². The molecule has 0 fully saturated rings. The van der Waals surface area contributed by atoms with Crippen molar-refractivity contribution in [2.75, 3.05) is 4.90 Å². The smallest absolute Gasteiger partial charge is 0.278 e. The number of fused-ring (bicyclic) bond motifs is 1. The van der Waals surface area contributed by atoms with Gasteiger partial charge in [0.1, 0.15) is 0 Å². The quantitative estimate of drug-likeness (QED) is 0.381. The Balaban J connectivity index is 1.57. The third-order valence-electron chi connectivity index (χ3n) is 6.48. The first kappa shape index (κ1) is 23.2. The summed E-state index contributed by atoms with van der Waals surface area (Å²) in [6.45, 7) is 6.35. The number of aromatic nitrogens is 2. The third kappa shape index (κ3) is 4.20. The van der Waals surface area contributed by atoms with Gasteiger partial charge in [-0.05, 0) is 57.2 Å². The van der Waals surface area contributed by atoms with E-state index in [1.807, 2.05) is 69.3 Å². The van der Waals surface area contributed by atoms with Crippen molar-refractivity contribution >= 4 is 29.7 Å². The van der Waals surface area contributed by atoms with Crippen LogP contribution in [0.3, 0.4) is 0 Å². The summed E-state index contributed by atoms with van der Waals surface area (Å²) in [4.78, 5) is 42.2. The Kier molecular flexibility index (Phi) is 5.98. The number of aryl methyl sites for hydroxylation is 3. The highest BCUT2D eigenvalue weighted by Crippen LogP contribution is 2.35. The number of amides is 2. The van der Waals surface area contributed by atoms with E-state index in [0.29, 0.717) is 40.3 Å². The van der Waals surface area contributed by atoms with Gasteiger partial charge in [-0.1, -0.05) is 53.1 Å². The van der Waals surface area contributed by atoms with E-state index in [1.54, 1.807) is 29.2 Å². The SMILES string of the molecule is Cc1ccc(C(=O)N2Cc3c(N(C=O)c4ccc(C)cc4)nn(C(=O)c4ccc(C)cc4)c3C2)cc1. The molecule has 0 unspecified atom stereocenters. The molecule has 0 bridgehead atoms. The van der Waals surface area contributed by atoms with Crippen molar-refractivity contribution < 1.29 is 14.4 Å². The monoisotopic (exact) mass is 478 g/mol. The molecular weight excluding hydrogens is 452 g/mol. The van der Waals surface area contributed by atoms with Crippen LogP contribution >= 0.6 is 0 Å². The second-order valence-corrected chi connectivity index (χ2v) is 9.17. The maximum absolute atomic E-state index is 13.5. The summed E-state index contributed by atoms with van der Waals surface area (Å²) in [6.07, 6.45) is 0.693. The van der Waals surface area contributed by atoms with E-state index in [2.05, 4.69) is 5.10 Å². The molecule has 0 saturated heterocycles. The van der Waals surface area contributed by atoms with Crippen LogP contribution in [0.25, 0.3) is 0 Å². The van der Waals surface area contributed by atoms with E-state index >= 15 is 0 Å². The average Bonchev–Trinajstić information content (AvgIpc) is 3.46. The van der Waals surface area contributed by atoms with Gasteiger partial charge in [0, 0.05) is 16.7 Å². The van der Waals surface area contributed by atoms with Crippen molar-refractivity contribution in [1.82, 2.24) is 14.7 Å². The number of carbonyl (C=O) groups excluding carboxylic acids is 3. The number of rotatable bonds is 5. The second-order valence-electron chi connectivity index (χ2n) is 9.17. The highest BCUT2D eigenvalue weighted by atomic mass is 16.2. The van der Waals surface area contributed by atoms with Crippen LogP contribution in [0.4, 0.5) is 11.5 Å². The molecule has 4 aromatic rings. The molecule has 1 aliphatic heterocycles. The Hall–Kier alpha value is -4.52. The van der Waals surface area contributed by atoms with E-state index in [0.717, 1.165) is 16.7 Å². The van der Waals surface area contributed by atoms with Crippen molar-refractivity contribution in [3.05, 3.63) is 112 Å². The van der Waals surface area contributed by atoms with Gasteiger partial charge in [-0.3, -0.25) is 19.3 Å². The number of nitrogens with zero attached hydrogens (tertiary/aromatic N) is 4. The lowest BCUT2D eigenvalue weighted by molar-refractivity contribution is -0.106. The molecule has 2 amide bonds. The maximum Gasteiger partial charge on any atom is 0.278 e. The van der Waals surface area contributed by atoms with Gasteiger partial charge in [0.25, 0.3) is 11.8 Å². The van der Waals surface area contributed by atoms with Crippen LogP contribution in [0.15, 0.2) is 72.8 Å². The van der Waals surface area contributed by atoms with Gasteiger partial charge in [-0.15, -0.1) is 5.10 Å². The van der Waals surface area contributed by atoms with Crippen LogP contribution in [-0.2, 0) is 17.9 Å². The van der Waals surface area contributed by atoms with Crippen LogP contribution in [0.2, 0.25) is 0 Å². The maximum atomic E-state index is 13.5. The van der Waals surface area contributed by atoms with E-state index < -0.39 is 0 Å². The number of anilines is 2. The molecule has 0 radical (unpaired) electrons. The Morgan fingerprint density at radius 3 is 1.78 bits per heavy atom. The molecule has 0 aliphatic carbocycles. The van der Waals surface area contributed by atoms with Crippen molar-refractivity contribution in [3.8, 4) is 0 Å². The molecule has 0 spiro atoms. The molecule has 36 heavy (non-hydrogen) atoms. The second kappa shape index (κ2) is 9.26. The van der Waals surface area contributed by atoms with Gasteiger partial charge < -0.3 is 4.90 Å². The lowest BCUT2D eigenvalue weighted by atomic mass is 10.1. The molecule has 3 aromatic carbocycles. The molecule has 7 nitrogen and oxygen atoms in total. The lowest BCUT2D eigenvalue weighted by Gasteiger charge is -2.19. The largest absolute Gasteiger partial charge is 0.328 e. The third-order valence-corrected chi connectivity index (χ3v) is 6.48. The fourth-order valence-corrected chi connectivity index (χ4v) is 4.36. The average molecular weight is 479 g/mol. The first-order chi connectivity index (χ1) is 17.4. The van der Waals surface area contributed by atoms with Crippen molar-refractivity contribution in [1.29, 1.82) is 0 Å². The normalized spacial score (nSPS) is 12.4. The molecule has 180 valence electrons. The molecule has 7 heteroatoms. The zero-order chi connectivity index (χ0) is 25.4. The molecule has 1 aromatic heterocycles. The van der Waals surface area contributed by atoms with Gasteiger partial charge >= 0.3 is 0 Å². The summed E-state index contributed by atoms with van der Waals surface area (Å²) in [6, 6.07) is 22.1. The summed E-state index contributed by atoms with van der Waals surface area (Å²) in [7, 11) is 0. The Morgan fingerprint density at radius 1 is 0.750 bits per heavy atom. The molecular formula is C29H26N4O3. The predicted octanol–water partition coefficient (Wildman–Crippen LogP) is 4.95. The van der Waals surface area contributed by atoms with Crippen LogP contribution < -0.4 is 4.90 Å². The van der Waals surface area contributed by atoms with Gasteiger partial charge in [-0.2, -0.15) is 4.68 Å². The molecule has 0 N–H and O–H groups in total. The minimum atomic E-state index is -0.308. The Labute approximate surface area is 209 Å². The zero-order valence-corrected chi connectivity index (χ0v) is 20.4. The standard InChI is InChI=1S/C29H26N4O3/c1-19-4-10-22(11-5-19)28(35)31-16-25-26(17-31)33(29(36)23-12-6-20(2)7-13-23)30-27(25)32(18-34)24-14-8-21(3)9-15-24/h4-15,18H,16-17H2,1-3H3. The van der Waals surface area contributed by atoms with E-state index in [9.17, 15) is 14.4 Å². The van der Waals surface area contributed by atoms with Gasteiger partial charge in [-0.25, -0.2) is 0 Å². The van der Waals surface area contributed by atoms with Crippen LogP contribution in [-0.4, -0.2) is 32.9 Å². The minimum absolute atomic E-state index is 0.139. The summed E-state index contributed by atoms with van der Waals surface area (Å²) in [5, 5.41) is 4.60. The minimum Gasteiger partial charge on any atom is -0.328 e. The van der Waals surface area contributed by atoms with Crippen LogP contribution in [0.5, 0.6) is 0 Å². The van der Waals surface area contributed by atoms with E-state index in [-0.39, 0.29) is 24.9 Å². The van der Waals surface area contributed by atoms with Gasteiger partial charge in [0.05, 0.1) is 24.5 Å². The Bertz CT molecular complexity index is 1450. The number of benzene rings is 3. The van der Waals surface area contributed by atoms with Gasteiger partial charge in [0.2, 0.25) is 6.41 Å². The number of hydrogen-bond acceptors (Lipinski definition) is 4. The van der Waals surface area contributed by atoms with Crippen molar-refractivity contribution in [3.63, 3.8) is 0 Å². The topological polar surface area (TPSA) is 75.5 Å². The zero-order valence-electron chi connectivity index (χ0n) is 20.4. The van der Waals surface area contributed by atoms with Crippen molar-refractivity contribution in [2.24, 2.45) is 0 Å². The fraction of sp³-hybridized carbons (Fsp3) is 0.172. The molecule has 5 rings (SSSR count). The highest BCUT2D eigenvalue weighted by molar-refractivity contribution is 5.98. The first-order valence-electron chi connectivity index (χ1n) is 11.7. The molecule has 2 heterocycles. The highest BCUT2D eigenvalue weighted by Gasteiger charge is 2.35. The predicted molar refractivity (Wildman–Crippen MR) is 137 cm³/mol. The molecule has 0 saturated carbocycles. The molecule has 0 atom stereocenters. The summed E-state index contributed by atoms with van der Waals surface area (Å²) >= 11 is 0. The number of hydrogen-bond donors (Lipinski definition) is 0. The summed E-state index contributed by atoms with van der Waals surface area (Å²) < 4.78 is 1.34. The summed E-state index contributed by atoms with van der Waals surface area (Å²) in [5.74, 6) is -0.0973. The lowest BCUT2D eigenvalue weighted by Crippen LogP contribution is -2.28.